The zero-order valence-electron chi connectivity index (χ0n) is 16.1. The number of rotatable bonds is 7. The summed E-state index contributed by atoms with van der Waals surface area (Å²) in [6.45, 7) is 0.948. The Balaban J connectivity index is 1.93. The number of aliphatic imine (C=N–C) groups is 1. The second-order valence-electron chi connectivity index (χ2n) is 5.88. The Labute approximate surface area is 166 Å². The number of hydrogen-bond donors (Lipinski definition) is 1. The lowest BCUT2D eigenvalue weighted by molar-refractivity contribution is -0.140. The molecule has 154 valence electrons. The smallest absolute Gasteiger partial charge is 0.434 e. The number of methoxy groups -OCH3 is 2. The normalized spacial score (nSPS) is 12.0. The highest BCUT2D eigenvalue weighted by molar-refractivity contribution is 7.09. The number of guanidine groups is 1. The summed E-state index contributed by atoms with van der Waals surface area (Å²) in [5.41, 5.74) is 0.101. The molecule has 0 unspecified atom stereocenters. The number of nitrogens with one attached hydrogen (secondary N) is 1. The van der Waals surface area contributed by atoms with Crippen molar-refractivity contribution in [2.75, 3.05) is 34.9 Å². The van der Waals surface area contributed by atoms with Gasteiger partial charge < -0.3 is 19.7 Å². The van der Waals surface area contributed by atoms with Crippen molar-refractivity contribution in [1.29, 1.82) is 0 Å². The van der Waals surface area contributed by atoms with E-state index in [9.17, 15) is 13.2 Å². The maximum absolute atomic E-state index is 12.6. The standard InChI is InChI=1S/C18H23F3N4O2S/c1-22-17(23-8-7-16-24-15(11-28-16)18(19,20)21)25(2)10-12-5-6-13(26-3)9-14(12)27-4/h5-6,9,11H,7-8,10H2,1-4H3,(H,22,23). The summed E-state index contributed by atoms with van der Waals surface area (Å²) in [5.74, 6) is 2.02. The van der Waals surface area contributed by atoms with E-state index >= 15 is 0 Å². The van der Waals surface area contributed by atoms with E-state index < -0.39 is 11.9 Å². The van der Waals surface area contributed by atoms with Gasteiger partial charge in [-0.2, -0.15) is 13.2 Å². The van der Waals surface area contributed by atoms with Gasteiger partial charge in [0.2, 0.25) is 0 Å². The van der Waals surface area contributed by atoms with Crippen LogP contribution in [0.25, 0.3) is 0 Å². The summed E-state index contributed by atoms with van der Waals surface area (Å²) in [6.07, 6.45) is -4.03. The van der Waals surface area contributed by atoms with Gasteiger partial charge in [-0.15, -0.1) is 11.3 Å². The Bertz CT molecular complexity index is 808. The van der Waals surface area contributed by atoms with Gasteiger partial charge in [-0.05, 0) is 12.1 Å². The molecule has 0 aliphatic rings. The molecule has 1 aromatic carbocycles. The minimum absolute atomic E-state index is 0.374. The third-order valence-electron chi connectivity index (χ3n) is 3.94. The van der Waals surface area contributed by atoms with Crippen LogP contribution in [-0.4, -0.2) is 50.7 Å². The maximum Gasteiger partial charge on any atom is 0.434 e. The predicted octanol–water partition coefficient (Wildman–Crippen LogP) is 3.43. The van der Waals surface area contributed by atoms with E-state index in [1.807, 2.05) is 24.1 Å². The van der Waals surface area contributed by atoms with E-state index in [0.29, 0.717) is 42.0 Å². The van der Waals surface area contributed by atoms with Crippen LogP contribution in [0.1, 0.15) is 16.3 Å². The molecule has 0 saturated carbocycles. The molecule has 0 saturated heterocycles. The molecule has 6 nitrogen and oxygen atoms in total. The van der Waals surface area contributed by atoms with Crippen LogP contribution in [0.3, 0.4) is 0 Å². The summed E-state index contributed by atoms with van der Waals surface area (Å²) in [6, 6.07) is 5.57. The average Bonchev–Trinajstić information content (AvgIpc) is 3.15. The Morgan fingerprint density at radius 1 is 1.29 bits per heavy atom. The van der Waals surface area contributed by atoms with Gasteiger partial charge in [-0.25, -0.2) is 4.98 Å². The maximum atomic E-state index is 12.6. The van der Waals surface area contributed by atoms with Crippen molar-refractivity contribution < 1.29 is 22.6 Å². The SMILES string of the molecule is CN=C(NCCc1nc(C(F)(F)F)cs1)N(C)Cc1ccc(OC)cc1OC. The minimum Gasteiger partial charge on any atom is -0.497 e. The van der Waals surface area contributed by atoms with Crippen LogP contribution < -0.4 is 14.8 Å². The molecule has 0 spiro atoms. The lowest BCUT2D eigenvalue weighted by Gasteiger charge is -2.23. The average molecular weight is 416 g/mol. The van der Waals surface area contributed by atoms with Crippen LogP contribution in [-0.2, 0) is 19.1 Å². The van der Waals surface area contributed by atoms with Gasteiger partial charge in [0.25, 0.3) is 0 Å². The molecule has 0 bridgehead atoms. The largest absolute Gasteiger partial charge is 0.497 e. The Kier molecular flexibility index (Phi) is 7.50. The fourth-order valence-corrected chi connectivity index (χ4v) is 3.34. The zero-order chi connectivity index (χ0) is 20.7. The first-order valence-electron chi connectivity index (χ1n) is 8.42. The van der Waals surface area contributed by atoms with Gasteiger partial charge in [0.15, 0.2) is 11.7 Å². The van der Waals surface area contributed by atoms with Crippen molar-refractivity contribution >= 4 is 17.3 Å². The number of ether oxygens (including phenoxy) is 2. The highest BCUT2D eigenvalue weighted by Gasteiger charge is 2.33. The number of alkyl halides is 3. The van der Waals surface area contributed by atoms with Gasteiger partial charge >= 0.3 is 6.18 Å². The third kappa shape index (κ3) is 5.75. The Morgan fingerprint density at radius 3 is 2.61 bits per heavy atom. The zero-order valence-corrected chi connectivity index (χ0v) is 16.9. The number of thiazole rings is 1. The third-order valence-corrected chi connectivity index (χ3v) is 4.85. The highest BCUT2D eigenvalue weighted by atomic mass is 32.1. The second-order valence-corrected chi connectivity index (χ2v) is 6.82. The van der Waals surface area contributed by atoms with E-state index in [1.54, 1.807) is 27.3 Å². The monoisotopic (exact) mass is 416 g/mol. The molecule has 2 aromatic rings. The summed E-state index contributed by atoms with van der Waals surface area (Å²) in [5, 5.41) is 4.60. The van der Waals surface area contributed by atoms with E-state index in [4.69, 9.17) is 9.47 Å². The van der Waals surface area contributed by atoms with Crippen LogP contribution in [0, 0.1) is 0 Å². The fraction of sp³-hybridized carbons (Fsp3) is 0.444. The van der Waals surface area contributed by atoms with Gasteiger partial charge in [-0.3, -0.25) is 4.99 Å². The number of benzene rings is 1. The van der Waals surface area contributed by atoms with Crippen molar-refractivity contribution in [3.8, 4) is 11.5 Å². The Hall–Kier alpha value is -2.49. The van der Waals surface area contributed by atoms with E-state index in [-0.39, 0.29) is 0 Å². The first kappa shape index (κ1) is 21.8. The van der Waals surface area contributed by atoms with Gasteiger partial charge in [0, 0.05) is 50.6 Å². The van der Waals surface area contributed by atoms with E-state index in [2.05, 4.69) is 15.3 Å². The lowest BCUT2D eigenvalue weighted by atomic mass is 10.2. The van der Waals surface area contributed by atoms with Crippen molar-refractivity contribution in [2.45, 2.75) is 19.1 Å². The molecule has 28 heavy (non-hydrogen) atoms. The highest BCUT2D eigenvalue weighted by Crippen LogP contribution is 2.30. The fourth-order valence-electron chi connectivity index (χ4n) is 2.53. The molecule has 0 aliphatic carbocycles. The van der Waals surface area contributed by atoms with Crippen LogP contribution >= 0.6 is 11.3 Å². The van der Waals surface area contributed by atoms with Crippen molar-refractivity contribution in [3.63, 3.8) is 0 Å². The van der Waals surface area contributed by atoms with Crippen LogP contribution in [0.5, 0.6) is 11.5 Å². The molecular weight excluding hydrogens is 393 g/mol. The van der Waals surface area contributed by atoms with Gasteiger partial charge in [0.1, 0.15) is 11.5 Å². The van der Waals surface area contributed by atoms with Crippen molar-refractivity contribution in [1.82, 2.24) is 15.2 Å². The lowest BCUT2D eigenvalue weighted by Crippen LogP contribution is -2.39. The topological polar surface area (TPSA) is 59.0 Å². The molecule has 0 radical (unpaired) electrons. The quantitative estimate of drug-likeness (QED) is 0.554. The van der Waals surface area contributed by atoms with Crippen LogP contribution in [0.15, 0.2) is 28.6 Å². The number of aromatic nitrogens is 1. The first-order valence-corrected chi connectivity index (χ1v) is 9.30. The molecule has 1 heterocycles. The van der Waals surface area contributed by atoms with E-state index in [0.717, 1.165) is 22.3 Å². The van der Waals surface area contributed by atoms with E-state index in [1.165, 1.54) is 0 Å². The van der Waals surface area contributed by atoms with Crippen molar-refractivity contribution in [2.24, 2.45) is 4.99 Å². The summed E-state index contributed by atoms with van der Waals surface area (Å²) >= 11 is 1.00. The van der Waals surface area contributed by atoms with Crippen LogP contribution in [0.4, 0.5) is 13.2 Å². The molecule has 0 aliphatic heterocycles. The molecule has 0 atom stereocenters. The predicted molar refractivity (Wildman–Crippen MR) is 103 cm³/mol. The minimum atomic E-state index is -4.41. The molecule has 1 aromatic heterocycles. The van der Waals surface area contributed by atoms with Gasteiger partial charge in [-0.1, -0.05) is 0 Å². The van der Waals surface area contributed by atoms with Crippen LogP contribution in [0.2, 0.25) is 0 Å². The molecule has 0 amide bonds. The Morgan fingerprint density at radius 2 is 2.04 bits per heavy atom. The summed E-state index contributed by atoms with van der Waals surface area (Å²) in [4.78, 5) is 9.74. The first-order chi connectivity index (χ1) is 13.3. The number of halogens is 3. The molecule has 10 heteroatoms. The second kappa shape index (κ2) is 9.63. The van der Waals surface area contributed by atoms with Gasteiger partial charge in [0.05, 0.1) is 19.2 Å². The summed E-state index contributed by atoms with van der Waals surface area (Å²) < 4.78 is 48.4. The molecule has 0 fully saturated rings. The number of nitrogens with zero attached hydrogens (tertiary/aromatic N) is 3. The number of hydrogen-bond acceptors (Lipinski definition) is 5. The molecule has 2 rings (SSSR count). The molecule has 1 N–H and O–H groups in total. The molecular formula is C18H23F3N4O2S. The summed E-state index contributed by atoms with van der Waals surface area (Å²) in [7, 11) is 6.69. The van der Waals surface area contributed by atoms with Crippen molar-refractivity contribution in [3.05, 3.63) is 39.8 Å².